The first-order valence-electron chi connectivity index (χ1n) is 6.99. The predicted octanol–water partition coefficient (Wildman–Crippen LogP) is 0.804. The van der Waals surface area contributed by atoms with Gasteiger partial charge in [-0.1, -0.05) is 42.5 Å². The summed E-state index contributed by atoms with van der Waals surface area (Å²) < 4.78 is 5.40. The Hall–Kier alpha value is -1.50. The summed E-state index contributed by atoms with van der Waals surface area (Å²) in [6.07, 6.45) is -0.534. The Balaban J connectivity index is 1.96. The van der Waals surface area contributed by atoms with Crippen LogP contribution >= 0.6 is 12.2 Å². The fourth-order valence-electron chi connectivity index (χ4n) is 2.52. The highest BCUT2D eigenvalue weighted by Gasteiger charge is 2.28. The van der Waals surface area contributed by atoms with Gasteiger partial charge in [-0.2, -0.15) is 0 Å². The highest BCUT2D eigenvalue weighted by atomic mass is 32.1. The average Bonchev–Trinajstić information content (AvgIpc) is 2.49. The van der Waals surface area contributed by atoms with Crippen molar-refractivity contribution in [1.29, 1.82) is 0 Å². The minimum absolute atomic E-state index is 0.0127. The molecule has 1 aromatic carbocycles. The van der Waals surface area contributed by atoms with Gasteiger partial charge in [0.2, 0.25) is 0 Å². The second kappa shape index (κ2) is 7.49. The number of ether oxygens (including phenoxy) is 1. The van der Waals surface area contributed by atoms with E-state index < -0.39 is 6.10 Å². The van der Waals surface area contributed by atoms with E-state index in [1.807, 2.05) is 35.2 Å². The molecule has 1 aliphatic heterocycles. The third kappa shape index (κ3) is 4.23. The average molecular weight is 307 g/mol. The van der Waals surface area contributed by atoms with E-state index in [1.54, 1.807) is 7.11 Å². The SMILES string of the molecule is COC(C(=O)N1CCN(CC(N)=S)CC1)c1ccccc1. The van der Waals surface area contributed by atoms with Crippen LogP contribution in [0.5, 0.6) is 0 Å². The van der Waals surface area contributed by atoms with Crippen molar-refractivity contribution in [1.82, 2.24) is 9.80 Å². The first-order valence-corrected chi connectivity index (χ1v) is 7.40. The van der Waals surface area contributed by atoms with E-state index in [-0.39, 0.29) is 5.91 Å². The molecule has 0 bridgehead atoms. The topological polar surface area (TPSA) is 58.8 Å². The van der Waals surface area contributed by atoms with E-state index >= 15 is 0 Å². The summed E-state index contributed by atoms with van der Waals surface area (Å²) in [7, 11) is 1.57. The lowest BCUT2D eigenvalue weighted by Gasteiger charge is -2.36. The van der Waals surface area contributed by atoms with E-state index in [1.165, 1.54) is 0 Å². The Labute approximate surface area is 130 Å². The molecule has 21 heavy (non-hydrogen) atoms. The number of hydrogen-bond donors (Lipinski definition) is 1. The number of rotatable bonds is 5. The lowest BCUT2D eigenvalue weighted by atomic mass is 10.1. The molecule has 1 aromatic rings. The van der Waals surface area contributed by atoms with Gasteiger partial charge in [0, 0.05) is 39.8 Å². The van der Waals surface area contributed by atoms with Gasteiger partial charge in [-0.3, -0.25) is 9.69 Å². The first kappa shape index (κ1) is 15.9. The van der Waals surface area contributed by atoms with Crippen molar-refractivity contribution in [2.24, 2.45) is 5.73 Å². The number of methoxy groups -OCH3 is 1. The Bertz CT molecular complexity index is 487. The summed E-state index contributed by atoms with van der Waals surface area (Å²) >= 11 is 4.92. The van der Waals surface area contributed by atoms with E-state index in [4.69, 9.17) is 22.7 Å². The summed E-state index contributed by atoms with van der Waals surface area (Å²) in [4.78, 5) is 17.1. The van der Waals surface area contributed by atoms with Crippen molar-refractivity contribution in [3.05, 3.63) is 35.9 Å². The molecular formula is C15H21N3O2S. The molecule has 114 valence electrons. The number of nitrogens with two attached hydrogens (primary N) is 1. The Morgan fingerprint density at radius 2 is 1.90 bits per heavy atom. The van der Waals surface area contributed by atoms with Crippen LogP contribution in [0.3, 0.4) is 0 Å². The molecule has 0 aliphatic carbocycles. The van der Waals surface area contributed by atoms with Crippen molar-refractivity contribution >= 4 is 23.1 Å². The monoisotopic (exact) mass is 307 g/mol. The van der Waals surface area contributed by atoms with E-state index in [9.17, 15) is 4.79 Å². The number of carbonyl (C=O) groups is 1. The number of hydrogen-bond acceptors (Lipinski definition) is 4. The van der Waals surface area contributed by atoms with E-state index in [0.717, 1.165) is 18.7 Å². The van der Waals surface area contributed by atoms with Crippen LogP contribution in [0.15, 0.2) is 30.3 Å². The van der Waals surface area contributed by atoms with Crippen molar-refractivity contribution in [2.75, 3.05) is 39.8 Å². The fraction of sp³-hybridized carbons (Fsp3) is 0.467. The second-order valence-electron chi connectivity index (χ2n) is 5.09. The molecule has 1 unspecified atom stereocenters. The zero-order chi connectivity index (χ0) is 15.2. The van der Waals surface area contributed by atoms with Crippen molar-refractivity contribution < 1.29 is 9.53 Å². The van der Waals surface area contributed by atoms with Crippen LogP contribution in [0.1, 0.15) is 11.7 Å². The molecule has 1 amide bonds. The molecule has 0 aromatic heterocycles. The maximum Gasteiger partial charge on any atom is 0.256 e. The third-order valence-electron chi connectivity index (χ3n) is 3.63. The standard InChI is InChI=1S/C15H21N3O2S/c1-20-14(12-5-3-2-4-6-12)15(19)18-9-7-17(8-10-18)11-13(16)21/h2-6,14H,7-11H2,1H3,(H2,16,21). The van der Waals surface area contributed by atoms with Gasteiger partial charge in [0.15, 0.2) is 6.10 Å². The molecule has 1 atom stereocenters. The van der Waals surface area contributed by atoms with E-state index in [2.05, 4.69) is 4.90 Å². The zero-order valence-electron chi connectivity index (χ0n) is 12.2. The van der Waals surface area contributed by atoms with Gasteiger partial charge in [0.25, 0.3) is 5.91 Å². The highest BCUT2D eigenvalue weighted by Crippen LogP contribution is 2.20. The van der Waals surface area contributed by atoms with Crippen LogP contribution in [0.2, 0.25) is 0 Å². The molecule has 0 radical (unpaired) electrons. The first-order chi connectivity index (χ1) is 10.1. The predicted molar refractivity (Wildman–Crippen MR) is 86.0 cm³/mol. The summed E-state index contributed by atoms with van der Waals surface area (Å²) in [5.41, 5.74) is 6.44. The Morgan fingerprint density at radius 1 is 1.29 bits per heavy atom. The maximum absolute atomic E-state index is 12.6. The van der Waals surface area contributed by atoms with Crippen LogP contribution in [0.25, 0.3) is 0 Å². The smallest absolute Gasteiger partial charge is 0.256 e. The summed E-state index contributed by atoms with van der Waals surface area (Å²) in [6.45, 7) is 3.54. The lowest BCUT2D eigenvalue weighted by molar-refractivity contribution is -0.144. The molecule has 0 saturated carbocycles. The molecule has 1 heterocycles. The number of amides is 1. The minimum atomic E-state index is -0.534. The molecule has 1 aliphatic rings. The van der Waals surface area contributed by atoms with Crippen molar-refractivity contribution in [2.45, 2.75) is 6.10 Å². The Morgan fingerprint density at radius 3 is 2.43 bits per heavy atom. The van der Waals surface area contributed by atoms with Gasteiger partial charge in [-0.15, -0.1) is 0 Å². The molecule has 1 fully saturated rings. The van der Waals surface area contributed by atoms with Gasteiger partial charge in [-0.05, 0) is 5.56 Å². The van der Waals surface area contributed by atoms with Gasteiger partial charge in [0.05, 0.1) is 4.99 Å². The van der Waals surface area contributed by atoms with Gasteiger partial charge in [-0.25, -0.2) is 0 Å². The quantitative estimate of drug-likeness (QED) is 0.816. The minimum Gasteiger partial charge on any atom is -0.392 e. The van der Waals surface area contributed by atoms with Gasteiger partial charge in [0.1, 0.15) is 0 Å². The number of benzene rings is 1. The molecule has 5 nitrogen and oxygen atoms in total. The van der Waals surface area contributed by atoms with Crippen LogP contribution in [0.4, 0.5) is 0 Å². The molecular weight excluding hydrogens is 286 g/mol. The van der Waals surface area contributed by atoms with Gasteiger partial charge >= 0.3 is 0 Å². The molecule has 2 rings (SSSR count). The number of piperazine rings is 1. The molecule has 2 N–H and O–H groups in total. The maximum atomic E-state index is 12.6. The Kier molecular flexibility index (Phi) is 5.67. The molecule has 0 spiro atoms. The van der Waals surface area contributed by atoms with E-state index in [0.29, 0.717) is 24.6 Å². The van der Waals surface area contributed by atoms with Crippen LogP contribution in [-0.4, -0.2) is 60.5 Å². The van der Waals surface area contributed by atoms with Crippen LogP contribution < -0.4 is 5.73 Å². The summed E-state index contributed by atoms with van der Waals surface area (Å²) in [5, 5.41) is 0. The van der Waals surface area contributed by atoms with Crippen molar-refractivity contribution in [3.8, 4) is 0 Å². The number of nitrogens with zero attached hydrogens (tertiary/aromatic N) is 2. The summed E-state index contributed by atoms with van der Waals surface area (Å²) in [5.74, 6) is 0.0127. The largest absolute Gasteiger partial charge is 0.392 e. The summed E-state index contributed by atoms with van der Waals surface area (Å²) in [6, 6.07) is 9.57. The zero-order valence-corrected chi connectivity index (χ0v) is 13.0. The van der Waals surface area contributed by atoms with Gasteiger partial charge < -0.3 is 15.4 Å². The molecule has 1 saturated heterocycles. The van der Waals surface area contributed by atoms with Crippen LogP contribution in [-0.2, 0) is 9.53 Å². The highest BCUT2D eigenvalue weighted by molar-refractivity contribution is 7.80. The third-order valence-corrected chi connectivity index (χ3v) is 3.75. The number of thiocarbonyl (C=S) groups is 1. The second-order valence-corrected chi connectivity index (χ2v) is 5.62. The number of carbonyl (C=O) groups excluding carboxylic acids is 1. The van der Waals surface area contributed by atoms with Crippen LogP contribution in [0, 0.1) is 0 Å². The normalized spacial score (nSPS) is 17.5. The lowest BCUT2D eigenvalue weighted by Crippen LogP contribution is -2.51. The fourth-order valence-corrected chi connectivity index (χ4v) is 2.70. The molecule has 6 heteroatoms. The van der Waals surface area contributed by atoms with Crippen molar-refractivity contribution in [3.63, 3.8) is 0 Å².